The number of benzene rings is 1. The van der Waals surface area contributed by atoms with Gasteiger partial charge in [0.15, 0.2) is 5.82 Å². The Morgan fingerprint density at radius 2 is 2.37 bits per heavy atom. The average molecular weight is 258 g/mol. The molecule has 0 amide bonds. The molecule has 2 aromatic rings. The van der Waals surface area contributed by atoms with Crippen LogP contribution in [0.3, 0.4) is 0 Å². The van der Waals surface area contributed by atoms with Crippen molar-refractivity contribution in [2.45, 2.75) is 6.54 Å². The number of aryl methyl sites for hydroxylation is 1. The Morgan fingerprint density at radius 1 is 1.58 bits per heavy atom. The van der Waals surface area contributed by atoms with Gasteiger partial charge in [0.05, 0.1) is 11.5 Å². The van der Waals surface area contributed by atoms with Crippen molar-refractivity contribution in [1.82, 2.24) is 14.8 Å². The maximum atomic E-state index is 10.7. The summed E-state index contributed by atoms with van der Waals surface area (Å²) in [5, 5.41) is 26.6. The SMILES string of the molecule is Cn1cnc(CNc2ccc([N+](=O)[O-])c(C#N)c2)n1. The molecule has 0 saturated carbocycles. The van der Waals surface area contributed by atoms with Crippen molar-refractivity contribution in [2.75, 3.05) is 5.32 Å². The Hall–Kier alpha value is -2.95. The van der Waals surface area contributed by atoms with Crippen molar-refractivity contribution in [3.8, 4) is 6.07 Å². The fourth-order valence-corrected chi connectivity index (χ4v) is 1.54. The molecule has 0 aliphatic heterocycles. The lowest BCUT2D eigenvalue weighted by Crippen LogP contribution is -2.03. The molecule has 2 rings (SSSR count). The van der Waals surface area contributed by atoms with E-state index in [1.807, 2.05) is 0 Å². The van der Waals surface area contributed by atoms with Gasteiger partial charge < -0.3 is 5.32 Å². The summed E-state index contributed by atoms with van der Waals surface area (Å²) in [7, 11) is 1.76. The maximum absolute atomic E-state index is 10.7. The van der Waals surface area contributed by atoms with E-state index in [9.17, 15) is 10.1 Å². The van der Waals surface area contributed by atoms with Gasteiger partial charge in [0, 0.05) is 18.8 Å². The predicted octanol–water partition coefficient (Wildman–Crippen LogP) is 1.21. The van der Waals surface area contributed by atoms with Crippen molar-refractivity contribution in [3.05, 3.63) is 46.0 Å². The van der Waals surface area contributed by atoms with Crippen molar-refractivity contribution >= 4 is 11.4 Å². The minimum Gasteiger partial charge on any atom is -0.378 e. The summed E-state index contributed by atoms with van der Waals surface area (Å²) < 4.78 is 1.58. The maximum Gasteiger partial charge on any atom is 0.287 e. The Bertz CT molecular complexity index is 657. The molecule has 0 bridgehead atoms. The summed E-state index contributed by atoms with van der Waals surface area (Å²) in [6, 6.07) is 6.08. The molecular weight excluding hydrogens is 248 g/mol. The molecule has 8 nitrogen and oxygen atoms in total. The molecule has 1 N–H and O–H groups in total. The molecule has 19 heavy (non-hydrogen) atoms. The van der Waals surface area contributed by atoms with Crippen molar-refractivity contribution in [3.63, 3.8) is 0 Å². The number of aromatic nitrogens is 3. The predicted molar refractivity (Wildman–Crippen MR) is 66.1 cm³/mol. The van der Waals surface area contributed by atoms with Crippen LogP contribution in [0.1, 0.15) is 11.4 Å². The topological polar surface area (TPSA) is 110 Å². The van der Waals surface area contributed by atoms with E-state index in [1.54, 1.807) is 30.2 Å². The van der Waals surface area contributed by atoms with E-state index in [4.69, 9.17) is 5.26 Å². The van der Waals surface area contributed by atoms with Crippen LogP contribution in [0.2, 0.25) is 0 Å². The van der Waals surface area contributed by atoms with Crippen LogP contribution in [0.25, 0.3) is 0 Å². The number of nitro groups is 1. The standard InChI is InChI=1S/C11H10N6O2/c1-16-7-14-11(15-16)6-13-9-2-3-10(17(18)19)8(4-9)5-12/h2-4,7,13H,6H2,1H3. The van der Waals surface area contributed by atoms with E-state index in [2.05, 4.69) is 15.4 Å². The van der Waals surface area contributed by atoms with Gasteiger partial charge in [0.25, 0.3) is 5.69 Å². The number of nitriles is 1. The van der Waals surface area contributed by atoms with Crippen LogP contribution in [-0.2, 0) is 13.6 Å². The van der Waals surface area contributed by atoms with Crippen LogP contribution in [0.5, 0.6) is 0 Å². The average Bonchev–Trinajstić information content (AvgIpc) is 2.81. The van der Waals surface area contributed by atoms with Gasteiger partial charge in [0.1, 0.15) is 18.0 Å². The lowest BCUT2D eigenvalue weighted by Gasteiger charge is -2.04. The first-order valence-electron chi connectivity index (χ1n) is 5.37. The van der Waals surface area contributed by atoms with Crippen LogP contribution in [0.4, 0.5) is 11.4 Å². The summed E-state index contributed by atoms with van der Waals surface area (Å²) in [6.45, 7) is 0.378. The van der Waals surface area contributed by atoms with Crippen molar-refractivity contribution in [1.29, 1.82) is 5.26 Å². The highest BCUT2D eigenvalue weighted by atomic mass is 16.6. The molecule has 8 heteroatoms. The Balaban J connectivity index is 2.14. The number of hydrogen-bond donors (Lipinski definition) is 1. The van der Waals surface area contributed by atoms with E-state index < -0.39 is 4.92 Å². The normalized spacial score (nSPS) is 9.89. The molecular formula is C11H10N6O2. The molecule has 96 valence electrons. The third-order valence-electron chi connectivity index (χ3n) is 2.41. The summed E-state index contributed by atoms with van der Waals surface area (Å²) in [5.41, 5.74) is 0.419. The monoisotopic (exact) mass is 258 g/mol. The molecule has 0 spiro atoms. The first-order valence-corrected chi connectivity index (χ1v) is 5.37. The van der Waals surface area contributed by atoms with Crippen LogP contribution in [-0.4, -0.2) is 19.7 Å². The second kappa shape index (κ2) is 5.14. The van der Waals surface area contributed by atoms with Gasteiger partial charge in [-0.15, -0.1) is 0 Å². The van der Waals surface area contributed by atoms with Gasteiger partial charge in [-0.3, -0.25) is 14.8 Å². The van der Waals surface area contributed by atoms with Gasteiger partial charge in [-0.2, -0.15) is 10.4 Å². The van der Waals surface area contributed by atoms with Crippen LogP contribution < -0.4 is 5.32 Å². The number of rotatable bonds is 4. The summed E-state index contributed by atoms with van der Waals surface area (Å²) >= 11 is 0. The van der Waals surface area contributed by atoms with E-state index in [0.29, 0.717) is 18.1 Å². The van der Waals surface area contributed by atoms with Crippen LogP contribution in [0.15, 0.2) is 24.5 Å². The third-order valence-corrected chi connectivity index (χ3v) is 2.41. The molecule has 0 atom stereocenters. The molecule has 0 fully saturated rings. The molecule has 0 aliphatic carbocycles. The molecule has 0 unspecified atom stereocenters. The summed E-state index contributed by atoms with van der Waals surface area (Å²) in [5.74, 6) is 0.597. The van der Waals surface area contributed by atoms with Crippen LogP contribution >= 0.6 is 0 Å². The first-order chi connectivity index (χ1) is 9.10. The largest absolute Gasteiger partial charge is 0.378 e. The number of anilines is 1. The molecule has 1 heterocycles. The highest BCUT2D eigenvalue weighted by Gasteiger charge is 2.13. The lowest BCUT2D eigenvalue weighted by atomic mass is 10.2. The first kappa shape index (κ1) is 12.5. The molecule has 0 aliphatic rings. The zero-order valence-electron chi connectivity index (χ0n) is 10.1. The Labute approximate surface area is 108 Å². The lowest BCUT2D eigenvalue weighted by molar-refractivity contribution is -0.385. The van der Waals surface area contributed by atoms with E-state index in [-0.39, 0.29) is 11.3 Å². The third kappa shape index (κ3) is 2.84. The number of hydrogen-bond acceptors (Lipinski definition) is 6. The minimum absolute atomic E-state index is 0.0176. The van der Waals surface area contributed by atoms with Gasteiger partial charge in [-0.1, -0.05) is 0 Å². The highest BCUT2D eigenvalue weighted by Crippen LogP contribution is 2.21. The van der Waals surface area contributed by atoms with Crippen LogP contribution in [0, 0.1) is 21.4 Å². The number of nitro benzene ring substituents is 1. The summed E-state index contributed by atoms with van der Waals surface area (Å²) in [6.07, 6.45) is 1.58. The zero-order chi connectivity index (χ0) is 13.8. The minimum atomic E-state index is -0.581. The Morgan fingerprint density at radius 3 is 2.95 bits per heavy atom. The second-order valence-electron chi connectivity index (χ2n) is 3.79. The second-order valence-corrected chi connectivity index (χ2v) is 3.79. The Kier molecular flexibility index (Phi) is 3.38. The van der Waals surface area contributed by atoms with Gasteiger partial charge >= 0.3 is 0 Å². The van der Waals surface area contributed by atoms with Gasteiger partial charge in [-0.05, 0) is 12.1 Å². The molecule has 1 aromatic heterocycles. The smallest absolute Gasteiger partial charge is 0.287 e. The van der Waals surface area contributed by atoms with E-state index >= 15 is 0 Å². The molecule has 1 aromatic carbocycles. The van der Waals surface area contributed by atoms with Gasteiger partial charge in [-0.25, -0.2) is 4.98 Å². The quantitative estimate of drug-likeness (QED) is 0.651. The van der Waals surface area contributed by atoms with E-state index in [1.165, 1.54) is 12.1 Å². The fourth-order valence-electron chi connectivity index (χ4n) is 1.54. The zero-order valence-corrected chi connectivity index (χ0v) is 10.1. The summed E-state index contributed by atoms with van der Waals surface area (Å²) in [4.78, 5) is 14.1. The van der Waals surface area contributed by atoms with Crippen molar-refractivity contribution < 1.29 is 4.92 Å². The number of nitrogens with one attached hydrogen (secondary N) is 1. The van der Waals surface area contributed by atoms with Gasteiger partial charge in [0.2, 0.25) is 0 Å². The van der Waals surface area contributed by atoms with Crippen molar-refractivity contribution in [2.24, 2.45) is 7.05 Å². The molecule has 0 radical (unpaired) electrons. The van der Waals surface area contributed by atoms with E-state index in [0.717, 1.165) is 0 Å². The highest BCUT2D eigenvalue weighted by molar-refractivity contribution is 5.58. The molecule has 0 saturated heterocycles. The fraction of sp³-hybridized carbons (Fsp3) is 0.182. The number of nitrogens with zero attached hydrogens (tertiary/aromatic N) is 5.